The molecule has 0 unspecified atom stereocenters. The van der Waals surface area contributed by atoms with Gasteiger partial charge in [0.05, 0.1) is 30.3 Å². The average Bonchev–Trinajstić information content (AvgIpc) is 2.80. The van der Waals surface area contributed by atoms with Crippen molar-refractivity contribution in [3.63, 3.8) is 0 Å². The fourth-order valence-electron chi connectivity index (χ4n) is 10.8. The van der Waals surface area contributed by atoms with E-state index in [1.165, 1.54) is 0 Å². The van der Waals surface area contributed by atoms with Crippen molar-refractivity contribution in [2.24, 2.45) is 50.2 Å². The summed E-state index contributed by atoms with van der Waals surface area (Å²) in [7, 11) is 0. The number of aliphatic carboxylic acids is 1. The Morgan fingerprint density at radius 1 is 0.917 bits per heavy atom. The molecule has 5 rings (SSSR count). The third kappa shape index (κ3) is 2.96. The molecule has 5 aliphatic rings. The first-order valence-electron chi connectivity index (χ1n) is 14.1. The van der Waals surface area contributed by atoms with Crippen LogP contribution in [0.1, 0.15) is 92.9 Å². The molecule has 0 aliphatic heterocycles. The SMILES string of the molecule is CC1(C)CC[C@]2(C(=O)O)CC[C@]3(C)C(=CC[C@@H]4[C@@]5(C)C[C@@H](O)[C@@H](O)[C@](C)(CO)[C@H]5CC[C@]43C)[C@H]2[C@@H]1O. The summed E-state index contributed by atoms with van der Waals surface area (Å²) in [6.45, 7) is 12.9. The second-order valence-electron chi connectivity index (χ2n) is 15.0. The van der Waals surface area contributed by atoms with Crippen LogP contribution in [-0.2, 0) is 4.79 Å². The molecule has 6 heteroatoms. The van der Waals surface area contributed by atoms with Crippen molar-refractivity contribution in [3.05, 3.63) is 11.6 Å². The first-order chi connectivity index (χ1) is 16.5. The van der Waals surface area contributed by atoms with Crippen molar-refractivity contribution in [3.8, 4) is 0 Å². The lowest BCUT2D eigenvalue weighted by Gasteiger charge is -2.71. The van der Waals surface area contributed by atoms with Crippen LogP contribution in [-0.4, -0.2) is 56.4 Å². The molecule has 36 heavy (non-hydrogen) atoms. The highest BCUT2D eigenvalue weighted by atomic mass is 16.4. The molecular weight excluding hydrogens is 456 g/mol. The molecule has 6 nitrogen and oxygen atoms in total. The second kappa shape index (κ2) is 7.80. The third-order valence-corrected chi connectivity index (χ3v) is 13.4. The maximum atomic E-state index is 12.8. The molecule has 0 amide bonds. The third-order valence-electron chi connectivity index (χ3n) is 13.4. The number of aliphatic hydroxyl groups is 4. The van der Waals surface area contributed by atoms with Crippen molar-refractivity contribution in [2.45, 2.75) is 111 Å². The largest absolute Gasteiger partial charge is 0.481 e. The molecule has 0 spiro atoms. The molecular formula is C30H48O6. The number of allylic oxidation sites excluding steroid dienone is 1. The highest BCUT2D eigenvalue weighted by Gasteiger charge is 2.71. The molecule has 0 aromatic carbocycles. The molecule has 0 heterocycles. The average molecular weight is 505 g/mol. The summed E-state index contributed by atoms with van der Waals surface area (Å²) < 4.78 is 0. The van der Waals surface area contributed by atoms with Gasteiger partial charge in [-0.1, -0.05) is 53.2 Å². The van der Waals surface area contributed by atoms with Gasteiger partial charge >= 0.3 is 5.97 Å². The van der Waals surface area contributed by atoms with Gasteiger partial charge in [0.2, 0.25) is 0 Å². The summed E-state index contributed by atoms with van der Waals surface area (Å²) in [6.07, 6.45) is 5.48. The molecule has 0 radical (unpaired) electrons. The number of carbonyl (C=O) groups is 1. The molecule has 0 bridgehead atoms. The number of carboxylic acid groups (broad SMARTS) is 1. The molecule has 4 fully saturated rings. The van der Waals surface area contributed by atoms with Crippen molar-refractivity contribution in [1.82, 2.24) is 0 Å². The molecule has 204 valence electrons. The second-order valence-corrected chi connectivity index (χ2v) is 15.0. The van der Waals surface area contributed by atoms with Crippen LogP contribution in [0.2, 0.25) is 0 Å². The monoisotopic (exact) mass is 504 g/mol. The Kier molecular flexibility index (Phi) is 5.77. The molecule has 4 saturated carbocycles. The first-order valence-corrected chi connectivity index (χ1v) is 14.1. The van der Waals surface area contributed by atoms with Gasteiger partial charge in [-0.2, -0.15) is 0 Å². The van der Waals surface area contributed by atoms with Crippen molar-refractivity contribution < 1.29 is 30.3 Å². The Morgan fingerprint density at radius 2 is 1.56 bits per heavy atom. The predicted molar refractivity (Wildman–Crippen MR) is 137 cm³/mol. The summed E-state index contributed by atoms with van der Waals surface area (Å²) in [5, 5.41) is 54.5. The van der Waals surface area contributed by atoms with Crippen LogP contribution in [0.3, 0.4) is 0 Å². The van der Waals surface area contributed by atoms with Crippen LogP contribution in [0, 0.1) is 50.2 Å². The number of rotatable bonds is 2. The van der Waals surface area contributed by atoms with E-state index in [1.54, 1.807) is 0 Å². The van der Waals surface area contributed by atoms with Crippen molar-refractivity contribution >= 4 is 5.97 Å². The van der Waals surface area contributed by atoms with Crippen molar-refractivity contribution in [2.75, 3.05) is 6.61 Å². The minimum atomic E-state index is -0.944. The zero-order valence-electron chi connectivity index (χ0n) is 23.0. The summed E-state index contributed by atoms with van der Waals surface area (Å²) in [5.41, 5.74) is -1.50. The first kappa shape index (κ1) is 26.6. The fourth-order valence-corrected chi connectivity index (χ4v) is 10.8. The minimum Gasteiger partial charge on any atom is -0.481 e. The van der Waals surface area contributed by atoms with Gasteiger partial charge in [0.15, 0.2) is 0 Å². The predicted octanol–water partition coefficient (Wildman–Crippen LogP) is 4.15. The lowest BCUT2D eigenvalue weighted by Crippen LogP contribution is -2.69. The van der Waals surface area contributed by atoms with E-state index in [9.17, 15) is 30.3 Å². The van der Waals surface area contributed by atoms with E-state index in [1.807, 2.05) is 6.92 Å². The van der Waals surface area contributed by atoms with Crippen LogP contribution in [0.15, 0.2) is 11.6 Å². The van der Waals surface area contributed by atoms with E-state index in [0.717, 1.165) is 31.3 Å². The van der Waals surface area contributed by atoms with Gasteiger partial charge in [0.1, 0.15) is 0 Å². The number of hydrogen-bond acceptors (Lipinski definition) is 5. The maximum Gasteiger partial charge on any atom is 0.310 e. The zero-order valence-corrected chi connectivity index (χ0v) is 23.0. The van der Waals surface area contributed by atoms with Crippen molar-refractivity contribution in [1.29, 1.82) is 0 Å². The minimum absolute atomic E-state index is 0.0888. The van der Waals surface area contributed by atoms with Crippen LogP contribution in [0.5, 0.6) is 0 Å². The van der Waals surface area contributed by atoms with E-state index in [4.69, 9.17) is 0 Å². The summed E-state index contributed by atoms with van der Waals surface area (Å²) in [6, 6.07) is 0. The Labute approximate surface area is 216 Å². The van der Waals surface area contributed by atoms with Gasteiger partial charge < -0.3 is 25.5 Å². The van der Waals surface area contributed by atoms with E-state index < -0.39 is 35.1 Å². The van der Waals surface area contributed by atoms with Crippen LogP contribution < -0.4 is 0 Å². The number of fused-ring (bicyclic) bond motifs is 7. The quantitative estimate of drug-likeness (QED) is 0.361. The van der Waals surface area contributed by atoms with Gasteiger partial charge in [-0.15, -0.1) is 0 Å². The van der Waals surface area contributed by atoms with Gasteiger partial charge in [-0.25, -0.2) is 0 Å². The highest BCUT2D eigenvalue weighted by Crippen LogP contribution is 2.75. The molecule has 11 atom stereocenters. The smallest absolute Gasteiger partial charge is 0.310 e. The maximum absolute atomic E-state index is 12.8. The topological polar surface area (TPSA) is 118 Å². The zero-order chi connectivity index (χ0) is 26.7. The van der Waals surface area contributed by atoms with E-state index in [-0.39, 0.29) is 46.0 Å². The number of carboxylic acids is 1. The Bertz CT molecular complexity index is 974. The Balaban J connectivity index is 1.63. The Hall–Kier alpha value is -0.950. The van der Waals surface area contributed by atoms with E-state index >= 15 is 0 Å². The standard InChI is InChI=1S/C30H48O6/c1-25(2)11-13-30(24(35)36)14-12-28(5)17(21(30)23(25)34)7-8-20-26(3)15-18(32)22(33)27(4,16-31)19(26)9-10-29(20,28)6/h7,18-23,31-34H,8-16H2,1-6H3,(H,35,36)/t18-,19+,20-,21+,22-,23+,26+,27-,28-,29-,30+/m1/s1. The molecule has 5 N–H and O–H groups in total. The molecule has 5 aliphatic carbocycles. The Morgan fingerprint density at radius 3 is 2.17 bits per heavy atom. The fraction of sp³-hybridized carbons (Fsp3) is 0.900. The molecule has 0 saturated heterocycles. The summed E-state index contributed by atoms with van der Waals surface area (Å²) in [5.74, 6) is -0.833. The van der Waals surface area contributed by atoms with E-state index in [2.05, 4.69) is 40.7 Å². The van der Waals surface area contributed by atoms with Gasteiger partial charge in [-0.05, 0) is 84.9 Å². The summed E-state index contributed by atoms with van der Waals surface area (Å²) in [4.78, 5) is 12.8. The van der Waals surface area contributed by atoms with Gasteiger partial charge in [0.25, 0.3) is 0 Å². The lowest BCUT2D eigenvalue weighted by molar-refractivity contribution is -0.245. The van der Waals surface area contributed by atoms with Gasteiger partial charge in [0, 0.05) is 11.3 Å². The molecule has 0 aromatic rings. The van der Waals surface area contributed by atoms with Crippen LogP contribution in [0.4, 0.5) is 0 Å². The number of hydrogen-bond donors (Lipinski definition) is 5. The van der Waals surface area contributed by atoms with Crippen LogP contribution in [0.25, 0.3) is 0 Å². The number of aliphatic hydroxyl groups excluding tert-OH is 4. The lowest BCUT2D eigenvalue weighted by atomic mass is 9.33. The molecule has 0 aromatic heterocycles. The van der Waals surface area contributed by atoms with E-state index in [0.29, 0.717) is 25.7 Å². The highest BCUT2D eigenvalue weighted by molar-refractivity contribution is 5.77. The normalized spacial score (nSPS) is 55.9. The van der Waals surface area contributed by atoms with Gasteiger partial charge in [-0.3, -0.25) is 4.79 Å². The summed E-state index contributed by atoms with van der Waals surface area (Å²) >= 11 is 0. The van der Waals surface area contributed by atoms with Crippen LogP contribution >= 0.6 is 0 Å².